The average molecular weight is 279 g/mol. The minimum absolute atomic E-state index is 0.0872. The maximum Gasteiger partial charge on any atom is 0.120 e. The van der Waals surface area contributed by atoms with Crippen molar-refractivity contribution in [2.45, 2.75) is 32.2 Å². The van der Waals surface area contributed by atoms with Gasteiger partial charge in [-0.2, -0.15) is 0 Å². The van der Waals surface area contributed by atoms with Gasteiger partial charge in [0, 0.05) is 36.8 Å². The molecule has 2 rings (SSSR count). The molecule has 1 aliphatic heterocycles. The lowest BCUT2D eigenvalue weighted by atomic mass is 9.80. The third-order valence-electron chi connectivity index (χ3n) is 4.33. The summed E-state index contributed by atoms with van der Waals surface area (Å²) in [6.45, 7) is 4.46. The van der Waals surface area contributed by atoms with Crippen LogP contribution in [0.4, 0.5) is 0 Å². The van der Waals surface area contributed by atoms with Gasteiger partial charge in [0.1, 0.15) is 5.75 Å². The van der Waals surface area contributed by atoms with Gasteiger partial charge in [0.05, 0.1) is 6.61 Å². The van der Waals surface area contributed by atoms with Crippen LogP contribution in [0.3, 0.4) is 0 Å². The molecule has 1 aliphatic rings. The SMILES string of the molecule is CCC(NCC1(CO)CCOCC1)c1ccccc1O. The van der Waals surface area contributed by atoms with E-state index in [0.29, 0.717) is 5.75 Å². The molecule has 4 heteroatoms. The summed E-state index contributed by atoms with van der Waals surface area (Å²) in [6.07, 6.45) is 2.66. The van der Waals surface area contributed by atoms with Gasteiger partial charge in [-0.1, -0.05) is 25.1 Å². The van der Waals surface area contributed by atoms with Crippen molar-refractivity contribution in [3.05, 3.63) is 29.8 Å². The number of phenolic OH excluding ortho intramolecular Hbond substituents is 1. The van der Waals surface area contributed by atoms with Gasteiger partial charge in [-0.05, 0) is 25.3 Å². The van der Waals surface area contributed by atoms with Crippen LogP contribution in [0.5, 0.6) is 5.75 Å². The summed E-state index contributed by atoms with van der Waals surface area (Å²) in [5.74, 6) is 0.330. The minimum Gasteiger partial charge on any atom is -0.508 e. The van der Waals surface area contributed by atoms with Gasteiger partial charge < -0.3 is 20.3 Å². The Balaban J connectivity index is 2.01. The molecule has 1 fully saturated rings. The highest BCUT2D eigenvalue weighted by Crippen LogP contribution is 2.31. The van der Waals surface area contributed by atoms with Crippen LogP contribution < -0.4 is 5.32 Å². The summed E-state index contributed by atoms with van der Waals surface area (Å²) in [7, 11) is 0. The maximum absolute atomic E-state index is 9.96. The lowest BCUT2D eigenvalue weighted by molar-refractivity contribution is -0.0166. The molecular formula is C16H25NO3. The summed E-state index contributed by atoms with van der Waals surface area (Å²) in [6, 6.07) is 7.55. The molecule has 0 aromatic heterocycles. The molecule has 4 nitrogen and oxygen atoms in total. The van der Waals surface area contributed by atoms with E-state index < -0.39 is 0 Å². The van der Waals surface area contributed by atoms with Crippen LogP contribution in [0, 0.1) is 5.41 Å². The highest BCUT2D eigenvalue weighted by atomic mass is 16.5. The van der Waals surface area contributed by atoms with Gasteiger partial charge in [0.25, 0.3) is 0 Å². The number of benzene rings is 1. The third-order valence-corrected chi connectivity index (χ3v) is 4.33. The summed E-state index contributed by atoms with van der Waals surface area (Å²) in [5.41, 5.74) is 0.839. The van der Waals surface area contributed by atoms with E-state index in [1.807, 2.05) is 18.2 Å². The Morgan fingerprint density at radius 2 is 2.00 bits per heavy atom. The van der Waals surface area contributed by atoms with Crippen molar-refractivity contribution in [1.29, 1.82) is 0 Å². The van der Waals surface area contributed by atoms with Crippen molar-refractivity contribution in [2.75, 3.05) is 26.4 Å². The third kappa shape index (κ3) is 3.51. The average Bonchev–Trinajstić information content (AvgIpc) is 2.50. The normalized spacial score (nSPS) is 19.7. The second kappa shape index (κ2) is 7.07. The number of aliphatic hydroxyl groups excluding tert-OH is 1. The molecule has 1 unspecified atom stereocenters. The van der Waals surface area contributed by atoms with E-state index in [2.05, 4.69) is 12.2 Å². The molecule has 0 saturated carbocycles. The fraction of sp³-hybridized carbons (Fsp3) is 0.625. The number of hydrogen-bond donors (Lipinski definition) is 3. The maximum atomic E-state index is 9.96. The zero-order chi connectivity index (χ0) is 14.4. The largest absolute Gasteiger partial charge is 0.508 e. The summed E-state index contributed by atoms with van der Waals surface area (Å²) < 4.78 is 5.38. The first kappa shape index (κ1) is 15.3. The minimum atomic E-state index is -0.0872. The van der Waals surface area contributed by atoms with Crippen molar-refractivity contribution in [3.63, 3.8) is 0 Å². The van der Waals surface area contributed by atoms with Crippen LogP contribution in [-0.2, 0) is 4.74 Å². The zero-order valence-electron chi connectivity index (χ0n) is 12.1. The van der Waals surface area contributed by atoms with Crippen molar-refractivity contribution in [3.8, 4) is 5.75 Å². The van der Waals surface area contributed by atoms with E-state index in [1.54, 1.807) is 6.07 Å². The second-order valence-corrected chi connectivity index (χ2v) is 5.67. The van der Waals surface area contributed by atoms with Gasteiger partial charge in [-0.3, -0.25) is 0 Å². The number of aliphatic hydroxyl groups is 1. The van der Waals surface area contributed by atoms with Crippen LogP contribution in [0.25, 0.3) is 0 Å². The Kier molecular flexibility index (Phi) is 5.40. The first-order chi connectivity index (χ1) is 9.71. The molecule has 20 heavy (non-hydrogen) atoms. The van der Waals surface area contributed by atoms with Crippen LogP contribution in [0.15, 0.2) is 24.3 Å². The Morgan fingerprint density at radius 3 is 2.60 bits per heavy atom. The van der Waals surface area contributed by atoms with Crippen LogP contribution in [0.1, 0.15) is 37.8 Å². The summed E-state index contributed by atoms with van der Waals surface area (Å²) in [5, 5.41) is 23.2. The molecule has 1 aromatic rings. The summed E-state index contributed by atoms with van der Waals surface area (Å²) >= 11 is 0. The molecular weight excluding hydrogens is 254 g/mol. The van der Waals surface area contributed by atoms with Crippen molar-refractivity contribution in [1.82, 2.24) is 5.32 Å². The molecule has 0 spiro atoms. The Labute approximate surface area is 120 Å². The number of para-hydroxylation sites is 1. The van der Waals surface area contributed by atoms with Crippen LogP contribution in [-0.4, -0.2) is 36.6 Å². The van der Waals surface area contributed by atoms with Gasteiger partial charge in [-0.15, -0.1) is 0 Å². The van der Waals surface area contributed by atoms with E-state index in [-0.39, 0.29) is 18.1 Å². The lowest BCUT2D eigenvalue weighted by Crippen LogP contribution is -2.42. The number of phenols is 1. The van der Waals surface area contributed by atoms with Gasteiger partial charge in [0.15, 0.2) is 0 Å². The molecule has 1 aromatic carbocycles. The topological polar surface area (TPSA) is 61.7 Å². The summed E-state index contributed by atoms with van der Waals surface area (Å²) in [4.78, 5) is 0. The molecule has 1 atom stereocenters. The van der Waals surface area contributed by atoms with E-state index in [9.17, 15) is 10.2 Å². The highest BCUT2D eigenvalue weighted by Gasteiger charge is 2.32. The Morgan fingerprint density at radius 1 is 1.30 bits per heavy atom. The molecule has 1 saturated heterocycles. The van der Waals surface area contributed by atoms with Gasteiger partial charge in [0.2, 0.25) is 0 Å². The number of rotatable bonds is 6. The quantitative estimate of drug-likeness (QED) is 0.747. The first-order valence-electron chi connectivity index (χ1n) is 7.41. The predicted molar refractivity (Wildman–Crippen MR) is 78.7 cm³/mol. The Hall–Kier alpha value is -1.10. The fourth-order valence-electron chi connectivity index (χ4n) is 2.79. The molecule has 0 bridgehead atoms. The monoisotopic (exact) mass is 279 g/mol. The van der Waals surface area contributed by atoms with Crippen molar-refractivity contribution in [2.24, 2.45) is 5.41 Å². The van der Waals surface area contributed by atoms with E-state index in [0.717, 1.165) is 44.6 Å². The molecule has 0 amide bonds. The lowest BCUT2D eigenvalue weighted by Gasteiger charge is -2.37. The number of ether oxygens (including phenoxy) is 1. The van der Waals surface area contributed by atoms with E-state index in [4.69, 9.17) is 4.74 Å². The zero-order valence-corrected chi connectivity index (χ0v) is 12.1. The highest BCUT2D eigenvalue weighted by molar-refractivity contribution is 5.34. The van der Waals surface area contributed by atoms with E-state index >= 15 is 0 Å². The van der Waals surface area contributed by atoms with Crippen LogP contribution >= 0.6 is 0 Å². The number of hydrogen-bond acceptors (Lipinski definition) is 4. The molecule has 0 radical (unpaired) electrons. The smallest absolute Gasteiger partial charge is 0.120 e. The van der Waals surface area contributed by atoms with Gasteiger partial charge >= 0.3 is 0 Å². The van der Waals surface area contributed by atoms with Crippen LogP contribution in [0.2, 0.25) is 0 Å². The fourth-order valence-corrected chi connectivity index (χ4v) is 2.79. The number of nitrogens with one attached hydrogen (secondary N) is 1. The number of aromatic hydroxyl groups is 1. The molecule has 3 N–H and O–H groups in total. The van der Waals surface area contributed by atoms with E-state index in [1.165, 1.54) is 0 Å². The first-order valence-corrected chi connectivity index (χ1v) is 7.41. The van der Waals surface area contributed by atoms with Crippen molar-refractivity contribution >= 4 is 0 Å². The standard InChI is InChI=1S/C16H25NO3/c1-2-14(13-5-3-4-6-15(13)19)17-11-16(12-18)7-9-20-10-8-16/h3-6,14,17-19H,2,7-12H2,1H3. The van der Waals surface area contributed by atoms with Crippen molar-refractivity contribution < 1.29 is 14.9 Å². The predicted octanol–water partition coefficient (Wildman–Crippen LogP) is 2.22. The molecule has 1 heterocycles. The molecule has 112 valence electrons. The van der Waals surface area contributed by atoms with Gasteiger partial charge in [-0.25, -0.2) is 0 Å². The Bertz CT molecular complexity index is 416. The molecule has 0 aliphatic carbocycles. The second-order valence-electron chi connectivity index (χ2n) is 5.67.